The Kier molecular flexibility index (Phi) is 4.92. The van der Waals surface area contributed by atoms with Crippen LogP contribution in [0.2, 0.25) is 0 Å². The van der Waals surface area contributed by atoms with Gasteiger partial charge in [0.05, 0.1) is 0 Å². The Morgan fingerprint density at radius 1 is 1.50 bits per heavy atom. The van der Waals surface area contributed by atoms with Gasteiger partial charge in [0.15, 0.2) is 0 Å². The van der Waals surface area contributed by atoms with Crippen molar-refractivity contribution in [1.82, 2.24) is 4.98 Å². The van der Waals surface area contributed by atoms with Gasteiger partial charge in [-0.25, -0.2) is 0 Å². The molecule has 0 saturated carbocycles. The molecule has 0 aliphatic heterocycles. The molecule has 0 bridgehead atoms. The Hall–Kier alpha value is -1.97. The number of carbonyl (C=O) groups is 2. The zero-order valence-corrected chi connectivity index (χ0v) is 9.05. The van der Waals surface area contributed by atoms with E-state index in [0.29, 0.717) is 0 Å². The van der Waals surface area contributed by atoms with Gasteiger partial charge in [-0.3, -0.25) is 14.6 Å². The van der Waals surface area contributed by atoms with Gasteiger partial charge in [-0.1, -0.05) is 12.1 Å². The number of Topliss-reactive ketones (excluding diaryl/α,β-unsaturated/α-hetero) is 1. The van der Waals surface area contributed by atoms with Crippen LogP contribution in [0, 0.1) is 0 Å². The maximum Gasteiger partial charge on any atom is 0.313 e. The first kappa shape index (κ1) is 12.1. The number of carbonyl (C=O) groups excluding carboxylic acids is 2. The first-order chi connectivity index (χ1) is 7.68. The number of rotatable bonds is 5. The average Bonchev–Trinajstić information content (AvgIpc) is 2.25. The minimum absolute atomic E-state index is 0.166. The zero-order chi connectivity index (χ0) is 11.8. The van der Waals surface area contributed by atoms with Crippen molar-refractivity contribution in [3.8, 4) is 0 Å². The molecule has 84 valence electrons. The average molecular weight is 219 g/mol. The van der Waals surface area contributed by atoms with E-state index in [-0.39, 0.29) is 18.8 Å². The predicted octanol–water partition coefficient (Wildman–Crippen LogP) is 1.62. The number of nitrogens with zero attached hydrogens (tertiary/aromatic N) is 1. The second-order valence-corrected chi connectivity index (χ2v) is 3.25. The molecule has 4 heteroatoms. The maximum atomic E-state index is 11.0. The largest absolute Gasteiger partial charge is 0.461 e. The van der Waals surface area contributed by atoms with Crippen LogP contribution in [-0.4, -0.2) is 23.3 Å². The molecular formula is C12H13NO3. The van der Waals surface area contributed by atoms with Crippen molar-refractivity contribution < 1.29 is 14.3 Å². The van der Waals surface area contributed by atoms with Crippen molar-refractivity contribution in [2.75, 3.05) is 6.61 Å². The lowest BCUT2D eigenvalue weighted by Crippen LogP contribution is -2.08. The highest BCUT2D eigenvalue weighted by molar-refractivity contribution is 5.94. The Bertz CT molecular complexity index is 385. The van der Waals surface area contributed by atoms with E-state index in [9.17, 15) is 9.59 Å². The van der Waals surface area contributed by atoms with E-state index in [1.165, 1.54) is 6.92 Å². The predicted molar refractivity (Wildman–Crippen MR) is 59.5 cm³/mol. The van der Waals surface area contributed by atoms with E-state index >= 15 is 0 Å². The first-order valence-corrected chi connectivity index (χ1v) is 4.90. The fourth-order valence-corrected chi connectivity index (χ4v) is 1.05. The Morgan fingerprint density at radius 2 is 2.31 bits per heavy atom. The normalized spacial score (nSPS) is 10.3. The molecule has 4 nitrogen and oxygen atoms in total. The van der Waals surface area contributed by atoms with E-state index in [2.05, 4.69) is 4.98 Å². The van der Waals surface area contributed by atoms with Gasteiger partial charge in [0.25, 0.3) is 0 Å². The summed E-state index contributed by atoms with van der Waals surface area (Å²) >= 11 is 0. The number of ether oxygens (including phenoxy) is 1. The molecule has 1 aromatic rings. The second kappa shape index (κ2) is 6.50. The summed E-state index contributed by atoms with van der Waals surface area (Å²) in [6.45, 7) is 1.52. The summed E-state index contributed by atoms with van der Waals surface area (Å²) in [4.78, 5) is 25.5. The highest BCUT2D eigenvalue weighted by atomic mass is 16.5. The maximum absolute atomic E-state index is 11.0. The molecule has 0 spiro atoms. The lowest BCUT2D eigenvalue weighted by atomic mass is 10.3. The fourth-order valence-electron chi connectivity index (χ4n) is 1.05. The standard InChI is InChI=1S/C12H13NO3/c1-10(14)8-12(15)16-7-3-5-11-4-2-6-13-9-11/h2-6,9H,7-8H2,1H3/b5-3+. The minimum Gasteiger partial charge on any atom is -0.461 e. The molecule has 1 rings (SSSR count). The van der Waals surface area contributed by atoms with Crippen LogP contribution in [0.1, 0.15) is 18.9 Å². The van der Waals surface area contributed by atoms with Crippen molar-refractivity contribution in [1.29, 1.82) is 0 Å². The van der Waals surface area contributed by atoms with Gasteiger partial charge < -0.3 is 4.74 Å². The van der Waals surface area contributed by atoms with Crippen molar-refractivity contribution in [2.24, 2.45) is 0 Å². The van der Waals surface area contributed by atoms with Gasteiger partial charge in [-0.05, 0) is 24.6 Å². The lowest BCUT2D eigenvalue weighted by Gasteiger charge is -1.98. The van der Waals surface area contributed by atoms with Crippen LogP contribution in [0.4, 0.5) is 0 Å². The molecule has 0 atom stereocenters. The number of hydrogen-bond donors (Lipinski definition) is 0. The summed E-state index contributed by atoms with van der Waals surface area (Å²) < 4.78 is 4.81. The molecule has 0 unspecified atom stereocenters. The summed E-state index contributed by atoms with van der Waals surface area (Å²) in [6, 6.07) is 3.71. The summed E-state index contributed by atoms with van der Waals surface area (Å²) in [5.41, 5.74) is 0.935. The Labute approximate surface area is 94.0 Å². The number of ketones is 1. The molecule has 0 fully saturated rings. The van der Waals surface area contributed by atoms with Gasteiger partial charge in [0, 0.05) is 12.4 Å². The molecule has 0 amide bonds. The number of aromatic nitrogens is 1. The van der Waals surface area contributed by atoms with E-state index in [1.54, 1.807) is 24.5 Å². The molecule has 0 aliphatic rings. The Balaban J connectivity index is 2.28. The van der Waals surface area contributed by atoms with Gasteiger partial charge in [0.2, 0.25) is 0 Å². The van der Waals surface area contributed by atoms with Crippen molar-refractivity contribution in [3.05, 3.63) is 36.2 Å². The summed E-state index contributed by atoms with van der Waals surface area (Å²) in [6.07, 6.45) is 6.72. The van der Waals surface area contributed by atoms with Crippen molar-refractivity contribution in [2.45, 2.75) is 13.3 Å². The molecule has 0 saturated heterocycles. The number of pyridine rings is 1. The monoisotopic (exact) mass is 219 g/mol. The van der Waals surface area contributed by atoms with Crippen LogP contribution in [-0.2, 0) is 14.3 Å². The SMILES string of the molecule is CC(=O)CC(=O)OC/C=C/c1cccnc1. The minimum atomic E-state index is -0.497. The number of esters is 1. The molecular weight excluding hydrogens is 206 g/mol. The summed E-state index contributed by atoms with van der Waals surface area (Å²) in [5.74, 6) is -0.690. The van der Waals surface area contributed by atoms with Gasteiger partial charge in [-0.15, -0.1) is 0 Å². The van der Waals surface area contributed by atoms with Crippen molar-refractivity contribution in [3.63, 3.8) is 0 Å². The first-order valence-electron chi connectivity index (χ1n) is 4.90. The summed E-state index contributed by atoms with van der Waals surface area (Å²) in [7, 11) is 0. The highest BCUT2D eigenvalue weighted by Crippen LogP contribution is 1.98. The quantitative estimate of drug-likeness (QED) is 0.557. The van der Waals surface area contributed by atoms with Crippen LogP contribution < -0.4 is 0 Å². The number of hydrogen-bond acceptors (Lipinski definition) is 4. The third-order valence-electron chi connectivity index (χ3n) is 1.73. The van der Waals surface area contributed by atoms with Gasteiger partial charge in [-0.2, -0.15) is 0 Å². The molecule has 0 aromatic carbocycles. The zero-order valence-electron chi connectivity index (χ0n) is 9.05. The highest BCUT2D eigenvalue weighted by Gasteiger charge is 2.04. The van der Waals surface area contributed by atoms with Crippen LogP contribution >= 0.6 is 0 Å². The smallest absolute Gasteiger partial charge is 0.313 e. The van der Waals surface area contributed by atoms with Crippen LogP contribution in [0.5, 0.6) is 0 Å². The van der Waals surface area contributed by atoms with E-state index in [1.807, 2.05) is 12.1 Å². The molecule has 0 radical (unpaired) electrons. The third-order valence-corrected chi connectivity index (χ3v) is 1.73. The van der Waals surface area contributed by atoms with E-state index in [0.717, 1.165) is 5.56 Å². The third kappa shape index (κ3) is 5.05. The lowest BCUT2D eigenvalue weighted by molar-refractivity contribution is -0.144. The molecule has 0 N–H and O–H groups in total. The van der Waals surface area contributed by atoms with Crippen LogP contribution in [0.3, 0.4) is 0 Å². The van der Waals surface area contributed by atoms with Crippen LogP contribution in [0.25, 0.3) is 6.08 Å². The topological polar surface area (TPSA) is 56.3 Å². The van der Waals surface area contributed by atoms with E-state index in [4.69, 9.17) is 4.74 Å². The Morgan fingerprint density at radius 3 is 2.94 bits per heavy atom. The molecule has 1 heterocycles. The van der Waals surface area contributed by atoms with Gasteiger partial charge >= 0.3 is 5.97 Å². The second-order valence-electron chi connectivity index (χ2n) is 3.25. The molecule has 0 aliphatic carbocycles. The summed E-state index contributed by atoms with van der Waals surface area (Å²) in [5, 5.41) is 0. The van der Waals surface area contributed by atoms with Gasteiger partial charge in [0.1, 0.15) is 18.8 Å². The van der Waals surface area contributed by atoms with Crippen LogP contribution in [0.15, 0.2) is 30.6 Å². The molecule has 16 heavy (non-hydrogen) atoms. The fraction of sp³-hybridized carbons (Fsp3) is 0.250. The van der Waals surface area contributed by atoms with Crippen molar-refractivity contribution >= 4 is 17.8 Å². The van der Waals surface area contributed by atoms with E-state index < -0.39 is 5.97 Å². The molecule has 1 aromatic heterocycles.